The van der Waals surface area contributed by atoms with E-state index in [1.807, 2.05) is 20.8 Å². The SMILES string of the molecule is CC(=O)CCC(C(=O)NCC(=O)N1CCCC1C(N)=O)N(C(=O)CNC(=O)C(CC(C)C)NC(=O)CCOCCOCCOCCCCCOCCOCCN(O)I1CC(C)C1=O)C(C)C. The first kappa shape index (κ1) is 58.7. The van der Waals surface area contributed by atoms with Crippen molar-refractivity contribution in [2.45, 2.75) is 123 Å². The maximum absolute atomic E-state index is 13.6. The van der Waals surface area contributed by atoms with E-state index in [0.29, 0.717) is 85.2 Å². The van der Waals surface area contributed by atoms with Crippen LogP contribution in [0.3, 0.4) is 0 Å². The number of Topliss-reactive ketones (excluding diaryl/α,β-unsaturated/α-hetero) is 1. The third kappa shape index (κ3) is 23.1. The molecule has 0 spiro atoms. The Balaban J connectivity index is 1.61. The molecular formula is C44H78IN7O14. The molecule has 66 heavy (non-hydrogen) atoms. The summed E-state index contributed by atoms with van der Waals surface area (Å²) in [6.45, 7) is 14.3. The molecule has 2 aliphatic heterocycles. The van der Waals surface area contributed by atoms with Crippen molar-refractivity contribution in [2.24, 2.45) is 17.6 Å². The van der Waals surface area contributed by atoms with Gasteiger partial charge in [-0.2, -0.15) is 0 Å². The number of ether oxygens (including phenoxy) is 5. The van der Waals surface area contributed by atoms with E-state index in [-0.39, 0.29) is 53.9 Å². The Hall–Kier alpha value is -3.39. The molecule has 21 nitrogen and oxygen atoms in total. The van der Waals surface area contributed by atoms with Crippen molar-refractivity contribution in [3.63, 3.8) is 0 Å². The number of nitrogens with two attached hydrogens (primary N) is 1. The molecule has 22 heteroatoms. The number of alkyl halides is 1. The molecule has 6 N–H and O–H groups in total. The molecule has 0 radical (unpaired) electrons. The number of amides is 6. The summed E-state index contributed by atoms with van der Waals surface area (Å²) in [7, 11) is 0. The Bertz CT molecular complexity index is 1540. The van der Waals surface area contributed by atoms with E-state index in [9.17, 15) is 43.6 Å². The fraction of sp³-hybridized carbons (Fsp3) is 0.818. The Kier molecular flexibility index (Phi) is 29.5. The quantitative estimate of drug-likeness (QED) is 0.0146. The number of unbranched alkanes of at least 4 members (excludes halogenated alkanes) is 2. The molecule has 0 aromatic carbocycles. The van der Waals surface area contributed by atoms with Crippen molar-refractivity contribution >= 4 is 65.1 Å². The normalized spacial score (nSPS) is 17.5. The minimum Gasteiger partial charge on any atom is -0.0448 e. The van der Waals surface area contributed by atoms with Gasteiger partial charge in [-0.25, -0.2) is 0 Å². The number of likely N-dealkylation sites (tertiary alicyclic amines) is 1. The number of nitrogens with zero attached hydrogens (tertiary/aromatic N) is 3. The first-order valence-electron chi connectivity index (χ1n) is 23.2. The summed E-state index contributed by atoms with van der Waals surface area (Å²) in [6, 6.07) is -3.36. The molecule has 6 amide bonds. The molecule has 380 valence electrons. The maximum Gasteiger partial charge on any atom is 0.0269 e. The van der Waals surface area contributed by atoms with Gasteiger partial charge in [-0.15, -0.1) is 0 Å². The second-order valence-electron chi connectivity index (χ2n) is 17.1. The summed E-state index contributed by atoms with van der Waals surface area (Å²) in [6.07, 6.45) is 4.05. The van der Waals surface area contributed by atoms with Gasteiger partial charge in [0.1, 0.15) is 23.9 Å². The Morgan fingerprint density at radius 1 is 0.803 bits per heavy atom. The number of halogens is 1. The molecule has 0 aromatic rings. The predicted molar refractivity (Wildman–Crippen MR) is 251 cm³/mol. The molecular weight excluding hydrogens is 977 g/mol. The monoisotopic (exact) mass is 1060 g/mol. The van der Waals surface area contributed by atoms with Crippen LogP contribution in [0.15, 0.2) is 0 Å². The Morgan fingerprint density at radius 2 is 1.38 bits per heavy atom. The molecule has 2 aliphatic rings. The summed E-state index contributed by atoms with van der Waals surface area (Å²) >= 11 is -1.99. The van der Waals surface area contributed by atoms with Gasteiger partial charge in [0.05, 0.1) is 46.1 Å². The van der Waals surface area contributed by atoms with Gasteiger partial charge in [0.2, 0.25) is 35.4 Å². The van der Waals surface area contributed by atoms with Crippen LogP contribution in [-0.4, -0.2) is 184 Å². The average Bonchev–Trinajstić information content (AvgIpc) is 3.77. The largest absolute Gasteiger partial charge is 0.0448 e. The molecule has 2 saturated heterocycles. The molecule has 2 heterocycles. The van der Waals surface area contributed by atoms with Crippen LogP contribution in [0.4, 0.5) is 0 Å². The number of rotatable bonds is 37. The van der Waals surface area contributed by atoms with Gasteiger partial charge in [-0.05, 0) is 52.4 Å². The summed E-state index contributed by atoms with van der Waals surface area (Å²) < 4.78 is 30.1. The standard InChI is InChI=1S/C44H78IN7O14/c1-31(2)27-35(43(59)47-30-40(56)52(32(3)4)37(13-12-34(6)53)44(60)48-29-39(55)50-15-10-11-36(50)42(46)58)49-38(54)14-19-64-23-26-66-25-22-63-18-9-7-8-17-62-21-24-65-20-16-51(61)45-28-33(5)41(45)57/h31-33,35-37,61H,7-30H2,1-6H3,(H2,46,58)(H,47,59)(H,48,60)(H,49,54). The van der Waals surface area contributed by atoms with Crippen LogP contribution in [0.25, 0.3) is 0 Å². The van der Waals surface area contributed by atoms with Gasteiger partial charge < -0.3 is 50.5 Å². The van der Waals surface area contributed by atoms with E-state index in [4.69, 9.17) is 29.4 Å². The molecule has 0 aromatic heterocycles. The average molecular weight is 1060 g/mol. The minimum absolute atomic E-state index is 0.00503. The predicted octanol–water partition coefficient (Wildman–Crippen LogP) is 1.13. The third-order valence-electron chi connectivity index (χ3n) is 10.6. The molecule has 4 unspecified atom stereocenters. The Morgan fingerprint density at radius 3 is 1.92 bits per heavy atom. The molecule has 2 rings (SSSR count). The summed E-state index contributed by atoms with van der Waals surface area (Å²) in [5.74, 6) is -3.45. The van der Waals surface area contributed by atoms with Crippen LogP contribution in [0.1, 0.15) is 99.3 Å². The number of nitrogens with one attached hydrogen (secondary N) is 3. The third-order valence-corrected chi connectivity index (χ3v) is 16.9. The van der Waals surface area contributed by atoms with E-state index in [0.717, 1.165) is 23.7 Å². The summed E-state index contributed by atoms with van der Waals surface area (Å²) in [5, 5.41) is 17.9. The Labute approximate surface area is 397 Å². The second-order valence-corrected chi connectivity index (χ2v) is 22.1. The van der Waals surface area contributed by atoms with E-state index >= 15 is 0 Å². The van der Waals surface area contributed by atoms with Crippen molar-refractivity contribution in [1.29, 1.82) is 0 Å². The van der Waals surface area contributed by atoms with Gasteiger partial charge in [0.15, 0.2) is 0 Å². The van der Waals surface area contributed by atoms with Crippen LogP contribution in [0.2, 0.25) is 0 Å². The van der Waals surface area contributed by atoms with Gasteiger partial charge in [-0.3, -0.25) is 28.8 Å². The van der Waals surface area contributed by atoms with Crippen LogP contribution < -0.4 is 21.7 Å². The molecule has 2 fully saturated rings. The number of carbonyl (C=O) groups is 8. The number of hydroxylamine groups is 1. The van der Waals surface area contributed by atoms with Crippen molar-refractivity contribution in [2.75, 3.05) is 96.7 Å². The smallest absolute Gasteiger partial charge is 0.0269 e. The van der Waals surface area contributed by atoms with E-state index < -0.39 is 92.8 Å². The first-order valence-corrected chi connectivity index (χ1v) is 26.8. The molecule has 0 aliphatic carbocycles. The molecule has 0 saturated carbocycles. The van der Waals surface area contributed by atoms with E-state index in [1.165, 1.54) is 20.0 Å². The van der Waals surface area contributed by atoms with Crippen molar-refractivity contribution < 1.29 is 67.2 Å². The summed E-state index contributed by atoms with van der Waals surface area (Å²) in [4.78, 5) is 104. The summed E-state index contributed by atoms with van der Waals surface area (Å²) in [5.41, 5.74) is 5.43. The number of ketones is 1. The van der Waals surface area contributed by atoms with Gasteiger partial charge in [0.25, 0.3) is 0 Å². The van der Waals surface area contributed by atoms with Gasteiger partial charge >= 0.3 is 123 Å². The van der Waals surface area contributed by atoms with Gasteiger partial charge in [0, 0.05) is 25.4 Å². The zero-order valence-corrected chi connectivity index (χ0v) is 42.1. The molecule has 0 bridgehead atoms. The van der Waals surface area contributed by atoms with Crippen molar-refractivity contribution in [3.05, 3.63) is 0 Å². The number of hydrogen-bond donors (Lipinski definition) is 5. The fourth-order valence-electron chi connectivity index (χ4n) is 7.16. The second kappa shape index (κ2) is 33.2. The number of carbonyl (C=O) groups excluding carboxylic acids is 8. The van der Waals surface area contributed by atoms with Crippen molar-refractivity contribution in [1.82, 2.24) is 29.0 Å². The first-order chi connectivity index (χ1) is 31.4. The fourth-order valence-corrected chi connectivity index (χ4v) is 11.7. The molecule has 4 atom stereocenters. The van der Waals surface area contributed by atoms with Crippen LogP contribution in [0.5, 0.6) is 0 Å². The van der Waals surface area contributed by atoms with Crippen LogP contribution in [0, 0.1) is 11.8 Å². The van der Waals surface area contributed by atoms with Crippen molar-refractivity contribution in [3.8, 4) is 0 Å². The number of primary amides is 1. The van der Waals surface area contributed by atoms with E-state index in [1.54, 1.807) is 13.8 Å². The maximum atomic E-state index is 13.6. The van der Waals surface area contributed by atoms with Crippen LogP contribution in [-0.2, 0) is 62.0 Å². The van der Waals surface area contributed by atoms with Crippen LogP contribution >= 0.6 is 20.1 Å². The minimum atomic E-state index is -1.99. The topological polar surface area (TPSA) is 275 Å². The number of hydrogen-bond acceptors (Lipinski definition) is 15. The zero-order valence-electron chi connectivity index (χ0n) is 40.0. The zero-order chi connectivity index (χ0) is 49.0. The van der Waals surface area contributed by atoms with Gasteiger partial charge in [-0.1, -0.05) is 13.8 Å². The van der Waals surface area contributed by atoms with E-state index in [2.05, 4.69) is 16.0 Å².